The molecule has 0 fully saturated rings. The van der Waals surface area contributed by atoms with Crippen LogP contribution in [0.15, 0.2) is 33.4 Å². The molecule has 0 aliphatic heterocycles. The lowest BCUT2D eigenvalue weighted by Crippen LogP contribution is -2.06. The molecule has 0 unspecified atom stereocenters. The largest absolute Gasteiger partial charge is 0.382 e. The second-order valence-electron chi connectivity index (χ2n) is 3.55. The summed E-state index contributed by atoms with van der Waals surface area (Å²) in [6, 6.07) is 4.31. The van der Waals surface area contributed by atoms with E-state index in [1.165, 1.54) is 5.56 Å². The van der Waals surface area contributed by atoms with E-state index in [1.54, 1.807) is 11.3 Å². The van der Waals surface area contributed by atoms with Gasteiger partial charge in [0.05, 0.1) is 10.2 Å². The molecule has 2 rings (SSSR count). The molecule has 0 aliphatic carbocycles. The summed E-state index contributed by atoms with van der Waals surface area (Å²) in [6.07, 6.45) is 0.792. The van der Waals surface area contributed by atoms with E-state index in [0.29, 0.717) is 6.54 Å². The van der Waals surface area contributed by atoms with Crippen molar-refractivity contribution in [2.45, 2.75) is 6.42 Å². The monoisotopic (exact) mass is 317 g/mol. The molecular formula is C12H10BrF2NS. The van der Waals surface area contributed by atoms with E-state index < -0.39 is 11.6 Å². The molecule has 1 aromatic carbocycles. The molecule has 5 heteroatoms. The van der Waals surface area contributed by atoms with Crippen molar-refractivity contribution in [2.24, 2.45) is 0 Å². The number of halogens is 3. The SMILES string of the molecule is Fc1cc(NCCc2ccsc2)c(F)cc1Br. The van der Waals surface area contributed by atoms with Crippen molar-refractivity contribution in [2.75, 3.05) is 11.9 Å². The van der Waals surface area contributed by atoms with E-state index in [4.69, 9.17) is 0 Å². The van der Waals surface area contributed by atoms with Crippen LogP contribution in [0.4, 0.5) is 14.5 Å². The maximum absolute atomic E-state index is 13.4. The van der Waals surface area contributed by atoms with Gasteiger partial charge >= 0.3 is 0 Å². The normalized spacial score (nSPS) is 10.5. The van der Waals surface area contributed by atoms with Gasteiger partial charge in [-0.1, -0.05) is 0 Å². The number of nitrogens with one attached hydrogen (secondary N) is 1. The lowest BCUT2D eigenvalue weighted by molar-refractivity contribution is 0.596. The zero-order valence-electron chi connectivity index (χ0n) is 8.84. The zero-order chi connectivity index (χ0) is 12.3. The van der Waals surface area contributed by atoms with Gasteiger partial charge in [-0.05, 0) is 50.8 Å². The number of rotatable bonds is 4. The third-order valence-corrected chi connectivity index (χ3v) is 3.66. The first-order valence-corrected chi connectivity index (χ1v) is 6.80. The molecule has 0 saturated carbocycles. The molecule has 1 heterocycles. The minimum absolute atomic E-state index is 0.137. The van der Waals surface area contributed by atoms with E-state index in [-0.39, 0.29) is 10.2 Å². The maximum atomic E-state index is 13.4. The molecule has 0 saturated heterocycles. The van der Waals surface area contributed by atoms with E-state index >= 15 is 0 Å². The Bertz CT molecular complexity index is 499. The molecular weight excluding hydrogens is 308 g/mol. The van der Waals surface area contributed by atoms with Crippen molar-refractivity contribution in [3.05, 3.63) is 50.6 Å². The third-order valence-electron chi connectivity index (χ3n) is 2.32. The first kappa shape index (κ1) is 12.5. The average molecular weight is 318 g/mol. The topological polar surface area (TPSA) is 12.0 Å². The summed E-state index contributed by atoms with van der Waals surface area (Å²) >= 11 is 4.56. The van der Waals surface area contributed by atoms with Crippen LogP contribution in [0.1, 0.15) is 5.56 Å². The summed E-state index contributed by atoms with van der Waals surface area (Å²) in [5, 5.41) is 6.93. The quantitative estimate of drug-likeness (QED) is 0.822. The zero-order valence-corrected chi connectivity index (χ0v) is 11.2. The van der Waals surface area contributed by atoms with Crippen molar-refractivity contribution in [1.29, 1.82) is 0 Å². The fourth-order valence-electron chi connectivity index (χ4n) is 1.43. The number of hydrogen-bond acceptors (Lipinski definition) is 2. The Morgan fingerprint density at radius 1 is 1.24 bits per heavy atom. The number of thiophene rings is 1. The highest BCUT2D eigenvalue weighted by Crippen LogP contribution is 2.23. The Morgan fingerprint density at radius 3 is 2.76 bits per heavy atom. The molecule has 2 aromatic rings. The Morgan fingerprint density at radius 2 is 2.06 bits per heavy atom. The highest BCUT2D eigenvalue weighted by molar-refractivity contribution is 9.10. The van der Waals surface area contributed by atoms with Crippen LogP contribution >= 0.6 is 27.3 Å². The van der Waals surface area contributed by atoms with Crippen molar-refractivity contribution < 1.29 is 8.78 Å². The van der Waals surface area contributed by atoms with Gasteiger partial charge in [-0.15, -0.1) is 0 Å². The summed E-state index contributed by atoms with van der Waals surface area (Å²) in [5.74, 6) is -0.923. The summed E-state index contributed by atoms with van der Waals surface area (Å²) < 4.78 is 26.8. The summed E-state index contributed by atoms with van der Waals surface area (Å²) in [4.78, 5) is 0. The van der Waals surface area contributed by atoms with E-state index in [1.807, 2.05) is 16.8 Å². The van der Waals surface area contributed by atoms with Crippen LogP contribution in [0.25, 0.3) is 0 Å². The van der Waals surface area contributed by atoms with Gasteiger partial charge in [0, 0.05) is 12.6 Å². The fraction of sp³-hybridized carbons (Fsp3) is 0.167. The van der Waals surface area contributed by atoms with E-state index in [0.717, 1.165) is 18.6 Å². The minimum Gasteiger partial charge on any atom is -0.382 e. The molecule has 0 amide bonds. The standard InChI is InChI=1S/C12H10BrF2NS/c13-9-5-11(15)12(6-10(9)14)16-3-1-8-2-4-17-7-8/h2,4-7,16H,1,3H2. The van der Waals surface area contributed by atoms with E-state index in [2.05, 4.69) is 21.2 Å². The Hall–Kier alpha value is -0.940. The van der Waals surface area contributed by atoms with Crippen molar-refractivity contribution in [1.82, 2.24) is 0 Å². The predicted octanol–water partition coefficient (Wildman–Crippen LogP) is 4.44. The summed E-state index contributed by atoms with van der Waals surface area (Å²) in [6.45, 7) is 0.578. The Labute approximate surface area is 111 Å². The van der Waals surface area contributed by atoms with Gasteiger partial charge in [-0.25, -0.2) is 8.78 Å². The smallest absolute Gasteiger partial charge is 0.147 e. The summed E-state index contributed by atoms with van der Waals surface area (Å²) in [5.41, 5.74) is 1.39. The van der Waals surface area contributed by atoms with Gasteiger partial charge in [0.15, 0.2) is 0 Å². The molecule has 17 heavy (non-hydrogen) atoms. The van der Waals surface area contributed by atoms with Gasteiger partial charge in [0.25, 0.3) is 0 Å². The number of anilines is 1. The van der Waals surface area contributed by atoms with Crippen LogP contribution in [0.3, 0.4) is 0 Å². The maximum Gasteiger partial charge on any atom is 0.147 e. The third kappa shape index (κ3) is 3.26. The van der Waals surface area contributed by atoms with Crippen molar-refractivity contribution in [3.63, 3.8) is 0 Å². The molecule has 1 N–H and O–H groups in total. The van der Waals surface area contributed by atoms with Crippen molar-refractivity contribution >= 4 is 33.0 Å². The van der Waals surface area contributed by atoms with Gasteiger partial charge in [-0.2, -0.15) is 11.3 Å². The van der Waals surface area contributed by atoms with Gasteiger partial charge in [-0.3, -0.25) is 0 Å². The lowest BCUT2D eigenvalue weighted by atomic mass is 10.2. The van der Waals surface area contributed by atoms with Crippen molar-refractivity contribution in [3.8, 4) is 0 Å². The minimum atomic E-state index is -0.468. The Kier molecular flexibility index (Phi) is 4.12. The van der Waals surface area contributed by atoms with Crippen LogP contribution in [0.2, 0.25) is 0 Å². The summed E-state index contributed by atoms with van der Waals surface area (Å²) in [7, 11) is 0. The van der Waals surface area contributed by atoms with Gasteiger partial charge in [0.2, 0.25) is 0 Å². The number of hydrogen-bond donors (Lipinski definition) is 1. The first-order valence-electron chi connectivity index (χ1n) is 5.06. The van der Waals surface area contributed by atoms with Gasteiger partial charge < -0.3 is 5.32 Å². The average Bonchev–Trinajstić information content (AvgIpc) is 2.78. The molecule has 90 valence electrons. The first-order chi connectivity index (χ1) is 8.16. The Balaban J connectivity index is 1.97. The molecule has 0 aliphatic rings. The molecule has 0 radical (unpaired) electrons. The predicted molar refractivity (Wildman–Crippen MR) is 70.6 cm³/mol. The second-order valence-corrected chi connectivity index (χ2v) is 5.19. The molecule has 1 nitrogen and oxygen atoms in total. The van der Waals surface area contributed by atoms with Crippen LogP contribution in [-0.2, 0) is 6.42 Å². The highest BCUT2D eigenvalue weighted by Gasteiger charge is 2.07. The molecule has 0 bridgehead atoms. The van der Waals surface area contributed by atoms with Gasteiger partial charge in [0.1, 0.15) is 11.6 Å². The molecule has 0 spiro atoms. The fourth-order valence-corrected chi connectivity index (χ4v) is 2.45. The lowest BCUT2D eigenvalue weighted by Gasteiger charge is -2.07. The molecule has 0 atom stereocenters. The highest BCUT2D eigenvalue weighted by atomic mass is 79.9. The van der Waals surface area contributed by atoms with Crippen LogP contribution in [0.5, 0.6) is 0 Å². The second kappa shape index (κ2) is 5.60. The van der Waals surface area contributed by atoms with Crippen LogP contribution < -0.4 is 5.32 Å². The van der Waals surface area contributed by atoms with Crippen LogP contribution in [0, 0.1) is 11.6 Å². The van der Waals surface area contributed by atoms with Crippen LogP contribution in [-0.4, -0.2) is 6.54 Å². The molecule has 1 aromatic heterocycles. The van der Waals surface area contributed by atoms with E-state index in [9.17, 15) is 8.78 Å². The number of benzene rings is 1.